The molecule has 5 rings (SSSR count). The number of hydrogen-bond donors (Lipinski definition) is 1. The predicted octanol–water partition coefficient (Wildman–Crippen LogP) is 3.70. The van der Waals surface area contributed by atoms with E-state index >= 15 is 0 Å². The number of imidazole rings is 1. The fourth-order valence-electron chi connectivity index (χ4n) is 4.02. The Morgan fingerprint density at radius 2 is 1.86 bits per heavy atom. The van der Waals surface area contributed by atoms with E-state index in [2.05, 4.69) is 51.2 Å². The van der Waals surface area contributed by atoms with E-state index < -0.39 is 0 Å². The zero-order valence-electron chi connectivity index (χ0n) is 16.5. The van der Waals surface area contributed by atoms with E-state index in [1.165, 1.54) is 35.4 Å². The molecule has 0 amide bonds. The lowest BCUT2D eigenvalue weighted by Crippen LogP contribution is -2.35. The van der Waals surface area contributed by atoms with Crippen LogP contribution in [0.3, 0.4) is 0 Å². The van der Waals surface area contributed by atoms with Crippen LogP contribution in [0.15, 0.2) is 29.6 Å². The number of thiazole rings is 1. The summed E-state index contributed by atoms with van der Waals surface area (Å²) in [7, 11) is 0. The van der Waals surface area contributed by atoms with Gasteiger partial charge in [0.1, 0.15) is 0 Å². The zero-order valence-corrected chi connectivity index (χ0v) is 17.3. The second-order valence-corrected chi connectivity index (χ2v) is 8.84. The number of benzene rings is 1. The Kier molecular flexibility index (Phi) is 5.20. The minimum atomic E-state index is 0.750. The number of ether oxygens (including phenoxy) is 1. The quantitative estimate of drug-likeness (QED) is 0.661. The Balaban J connectivity index is 1.19. The van der Waals surface area contributed by atoms with Crippen molar-refractivity contribution in [3.8, 4) is 0 Å². The molecule has 3 heterocycles. The number of aromatic nitrogens is 2. The summed E-state index contributed by atoms with van der Waals surface area (Å²) in [5, 5.41) is 5.93. The Bertz CT molecular complexity index is 936. The smallest absolute Gasteiger partial charge is 0.194 e. The number of nitrogens with zero attached hydrogens (tertiary/aromatic N) is 3. The molecule has 28 heavy (non-hydrogen) atoms. The van der Waals surface area contributed by atoms with Crippen LogP contribution < -0.4 is 5.32 Å². The Morgan fingerprint density at radius 3 is 2.61 bits per heavy atom. The first kappa shape index (κ1) is 18.3. The van der Waals surface area contributed by atoms with Gasteiger partial charge in [-0.05, 0) is 30.9 Å². The van der Waals surface area contributed by atoms with Crippen LogP contribution in [0.4, 0.5) is 0 Å². The standard InChI is InChI=1S/C22H28N4OS/c1-16-20(26-21(19-6-7-19)15-28-22(26)24-16)13-23-12-17-2-4-18(5-3-17)14-25-8-10-27-11-9-25/h2-5,15,19,23H,6-14H2,1H3. The van der Waals surface area contributed by atoms with Gasteiger partial charge in [-0.2, -0.15) is 0 Å². The molecule has 1 aromatic carbocycles. The molecule has 2 fully saturated rings. The summed E-state index contributed by atoms with van der Waals surface area (Å²) in [6.45, 7) is 8.68. The topological polar surface area (TPSA) is 41.8 Å². The average Bonchev–Trinajstić information content (AvgIpc) is 3.41. The maximum Gasteiger partial charge on any atom is 0.194 e. The third-order valence-electron chi connectivity index (χ3n) is 5.84. The van der Waals surface area contributed by atoms with E-state index in [9.17, 15) is 0 Å². The van der Waals surface area contributed by atoms with Crippen molar-refractivity contribution in [3.63, 3.8) is 0 Å². The van der Waals surface area contributed by atoms with E-state index in [0.29, 0.717) is 0 Å². The number of fused-ring (bicyclic) bond motifs is 1. The minimum absolute atomic E-state index is 0.750. The van der Waals surface area contributed by atoms with Crippen molar-refractivity contribution in [2.24, 2.45) is 0 Å². The average molecular weight is 397 g/mol. The Hall–Kier alpha value is -1.73. The van der Waals surface area contributed by atoms with Crippen LogP contribution >= 0.6 is 11.3 Å². The first-order valence-electron chi connectivity index (χ1n) is 10.3. The minimum Gasteiger partial charge on any atom is -0.379 e. The number of hydrogen-bond acceptors (Lipinski definition) is 5. The lowest BCUT2D eigenvalue weighted by molar-refractivity contribution is 0.0342. The van der Waals surface area contributed by atoms with E-state index in [1.807, 2.05) is 0 Å². The van der Waals surface area contributed by atoms with Crippen LogP contribution in [-0.4, -0.2) is 40.6 Å². The monoisotopic (exact) mass is 396 g/mol. The number of rotatable bonds is 7. The molecule has 2 aromatic heterocycles. The summed E-state index contributed by atoms with van der Waals surface area (Å²) in [5.74, 6) is 0.750. The Morgan fingerprint density at radius 1 is 1.11 bits per heavy atom. The van der Waals surface area contributed by atoms with Crippen LogP contribution in [0.1, 0.15) is 47.0 Å². The molecule has 6 heteroatoms. The van der Waals surface area contributed by atoms with Gasteiger partial charge < -0.3 is 10.1 Å². The first-order valence-corrected chi connectivity index (χ1v) is 11.2. The van der Waals surface area contributed by atoms with Crippen LogP contribution in [0.2, 0.25) is 0 Å². The molecule has 0 bridgehead atoms. The SMILES string of the molecule is Cc1nc2scc(C3CC3)n2c1CNCc1ccc(CN2CCOCC2)cc1. The number of morpholine rings is 1. The molecule has 0 radical (unpaired) electrons. The van der Waals surface area contributed by atoms with Crippen molar-refractivity contribution in [2.45, 2.75) is 45.3 Å². The highest BCUT2D eigenvalue weighted by Crippen LogP contribution is 2.42. The third-order valence-corrected chi connectivity index (χ3v) is 6.68. The van der Waals surface area contributed by atoms with Crippen LogP contribution in [-0.2, 0) is 24.4 Å². The fraction of sp³-hybridized carbons (Fsp3) is 0.500. The molecule has 148 valence electrons. The second-order valence-electron chi connectivity index (χ2n) is 8.01. The highest BCUT2D eigenvalue weighted by Gasteiger charge is 2.28. The maximum absolute atomic E-state index is 5.43. The van der Waals surface area contributed by atoms with Gasteiger partial charge >= 0.3 is 0 Å². The summed E-state index contributed by atoms with van der Waals surface area (Å²) in [6, 6.07) is 9.03. The molecule has 1 N–H and O–H groups in total. The summed E-state index contributed by atoms with van der Waals surface area (Å²) in [4.78, 5) is 8.37. The van der Waals surface area contributed by atoms with Gasteiger partial charge in [0.2, 0.25) is 0 Å². The van der Waals surface area contributed by atoms with Crippen LogP contribution in [0.25, 0.3) is 4.96 Å². The van der Waals surface area contributed by atoms with Crippen LogP contribution in [0, 0.1) is 6.92 Å². The molecular weight excluding hydrogens is 368 g/mol. The van der Waals surface area contributed by atoms with Crippen molar-refractivity contribution in [1.29, 1.82) is 0 Å². The summed E-state index contributed by atoms with van der Waals surface area (Å²) < 4.78 is 7.83. The van der Waals surface area contributed by atoms with Gasteiger partial charge in [0, 0.05) is 49.7 Å². The first-order chi connectivity index (χ1) is 13.8. The van der Waals surface area contributed by atoms with E-state index in [-0.39, 0.29) is 0 Å². The molecule has 5 nitrogen and oxygen atoms in total. The molecular formula is C22H28N4OS. The summed E-state index contributed by atoms with van der Waals surface area (Å²) in [6.07, 6.45) is 2.65. The van der Waals surface area contributed by atoms with Crippen molar-refractivity contribution >= 4 is 16.3 Å². The van der Waals surface area contributed by atoms with Gasteiger partial charge in [-0.1, -0.05) is 24.3 Å². The molecule has 0 unspecified atom stereocenters. The van der Waals surface area contributed by atoms with Gasteiger partial charge in [-0.3, -0.25) is 9.30 Å². The molecule has 0 atom stereocenters. The van der Waals surface area contributed by atoms with Gasteiger partial charge in [-0.15, -0.1) is 11.3 Å². The molecule has 3 aromatic rings. The lowest BCUT2D eigenvalue weighted by Gasteiger charge is -2.26. The van der Waals surface area contributed by atoms with Crippen molar-refractivity contribution in [2.75, 3.05) is 26.3 Å². The largest absolute Gasteiger partial charge is 0.379 e. The molecule has 1 aliphatic heterocycles. The van der Waals surface area contributed by atoms with Gasteiger partial charge in [-0.25, -0.2) is 4.98 Å². The predicted molar refractivity (Wildman–Crippen MR) is 113 cm³/mol. The zero-order chi connectivity index (χ0) is 18.9. The molecule has 2 aliphatic rings. The molecule has 1 aliphatic carbocycles. The van der Waals surface area contributed by atoms with E-state index in [4.69, 9.17) is 9.72 Å². The van der Waals surface area contributed by atoms with E-state index in [1.54, 1.807) is 11.3 Å². The maximum atomic E-state index is 5.43. The molecule has 1 saturated carbocycles. The van der Waals surface area contributed by atoms with Gasteiger partial charge in [0.25, 0.3) is 0 Å². The van der Waals surface area contributed by atoms with Crippen molar-refractivity contribution in [3.05, 3.63) is 57.9 Å². The highest BCUT2D eigenvalue weighted by atomic mass is 32.1. The second kappa shape index (κ2) is 7.95. The normalized spacial score (nSPS) is 18.2. The van der Waals surface area contributed by atoms with Crippen LogP contribution in [0.5, 0.6) is 0 Å². The van der Waals surface area contributed by atoms with Gasteiger partial charge in [0.05, 0.1) is 24.6 Å². The third kappa shape index (κ3) is 3.87. The number of aryl methyl sites for hydroxylation is 1. The van der Waals surface area contributed by atoms with Crippen molar-refractivity contribution in [1.82, 2.24) is 19.6 Å². The molecule has 0 spiro atoms. The number of nitrogens with one attached hydrogen (secondary N) is 1. The molecule has 1 saturated heterocycles. The van der Waals surface area contributed by atoms with Gasteiger partial charge in [0.15, 0.2) is 4.96 Å². The Labute approximate surface area is 170 Å². The van der Waals surface area contributed by atoms with E-state index in [0.717, 1.165) is 62.5 Å². The summed E-state index contributed by atoms with van der Waals surface area (Å²) >= 11 is 1.78. The highest BCUT2D eigenvalue weighted by molar-refractivity contribution is 7.15. The fourth-order valence-corrected chi connectivity index (χ4v) is 5.05. The lowest BCUT2D eigenvalue weighted by atomic mass is 10.1. The summed E-state index contributed by atoms with van der Waals surface area (Å²) in [5.41, 5.74) is 6.65. The van der Waals surface area contributed by atoms with Crippen molar-refractivity contribution < 1.29 is 4.74 Å².